The fourth-order valence-electron chi connectivity index (χ4n) is 1.60. The van der Waals surface area contributed by atoms with Gasteiger partial charge in [-0.25, -0.2) is 4.39 Å². The van der Waals surface area contributed by atoms with Gasteiger partial charge >= 0.3 is 0 Å². The van der Waals surface area contributed by atoms with Gasteiger partial charge in [-0.1, -0.05) is 11.6 Å². The van der Waals surface area contributed by atoms with Crippen LogP contribution in [0.1, 0.15) is 5.56 Å². The number of ether oxygens (including phenoxy) is 1. The second kappa shape index (κ2) is 3.47. The molecule has 0 atom stereocenters. The van der Waals surface area contributed by atoms with Crippen molar-refractivity contribution in [2.75, 3.05) is 13.2 Å². The van der Waals surface area contributed by atoms with E-state index >= 15 is 0 Å². The van der Waals surface area contributed by atoms with E-state index in [9.17, 15) is 9.18 Å². The summed E-state index contributed by atoms with van der Waals surface area (Å²) in [5, 5.41) is 0.374. The van der Waals surface area contributed by atoms with Crippen LogP contribution in [0.25, 0.3) is 0 Å². The Morgan fingerprint density at radius 3 is 2.67 bits per heavy atom. The zero-order valence-electron chi connectivity index (χ0n) is 7.80. The maximum Gasteiger partial charge on any atom is 0.232 e. The molecule has 1 amide bonds. The van der Waals surface area contributed by atoms with Gasteiger partial charge in [0.2, 0.25) is 5.91 Å². The fraction of sp³-hybridized carbons (Fsp3) is 0.300. The van der Waals surface area contributed by atoms with Gasteiger partial charge in [0, 0.05) is 10.6 Å². The molecule has 1 aromatic carbocycles. The van der Waals surface area contributed by atoms with Crippen LogP contribution in [0.15, 0.2) is 18.2 Å². The van der Waals surface area contributed by atoms with Crippen LogP contribution < -0.4 is 5.73 Å². The van der Waals surface area contributed by atoms with Crippen LogP contribution in [-0.4, -0.2) is 19.1 Å². The number of hydrogen-bond donors (Lipinski definition) is 1. The van der Waals surface area contributed by atoms with Crippen LogP contribution in [0, 0.1) is 5.82 Å². The van der Waals surface area contributed by atoms with Crippen LogP contribution in [0.2, 0.25) is 5.02 Å². The predicted octanol–water partition coefficient (Wildman–Crippen LogP) is 1.23. The van der Waals surface area contributed by atoms with Crippen LogP contribution in [0.3, 0.4) is 0 Å². The minimum atomic E-state index is -1.05. The average molecular weight is 230 g/mol. The molecule has 2 rings (SSSR count). The summed E-state index contributed by atoms with van der Waals surface area (Å²) in [6.07, 6.45) is 0. The highest BCUT2D eigenvalue weighted by Gasteiger charge is 2.47. The summed E-state index contributed by atoms with van der Waals surface area (Å²) in [5.74, 6) is -1.07. The van der Waals surface area contributed by atoms with Crippen molar-refractivity contribution in [2.45, 2.75) is 5.41 Å². The zero-order valence-corrected chi connectivity index (χ0v) is 8.55. The van der Waals surface area contributed by atoms with E-state index in [4.69, 9.17) is 22.1 Å². The summed E-state index contributed by atoms with van der Waals surface area (Å²) in [6.45, 7) is 0.221. The molecule has 1 fully saturated rings. The quantitative estimate of drug-likeness (QED) is 0.830. The second-order valence-corrected chi connectivity index (χ2v) is 4.00. The highest BCUT2D eigenvalue weighted by Crippen LogP contribution is 2.35. The van der Waals surface area contributed by atoms with Crippen molar-refractivity contribution in [1.82, 2.24) is 0 Å². The number of carbonyl (C=O) groups is 1. The largest absolute Gasteiger partial charge is 0.378 e. The smallest absolute Gasteiger partial charge is 0.232 e. The summed E-state index contributed by atoms with van der Waals surface area (Å²) in [5.41, 5.74) is 4.42. The predicted molar refractivity (Wildman–Crippen MR) is 53.1 cm³/mol. The monoisotopic (exact) mass is 229 g/mol. The van der Waals surface area contributed by atoms with E-state index in [-0.39, 0.29) is 18.8 Å². The van der Waals surface area contributed by atoms with Gasteiger partial charge < -0.3 is 10.5 Å². The molecule has 0 saturated carbocycles. The number of benzene rings is 1. The molecule has 5 heteroatoms. The number of primary amides is 1. The molecule has 0 spiro atoms. The molecule has 0 aliphatic carbocycles. The Hall–Kier alpha value is -1.13. The van der Waals surface area contributed by atoms with Gasteiger partial charge in [-0.2, -0.15) is 0 Å². The molecule has 15 heavy (non-hydrogen) atoms. The first kappa shape index (κ1) is 10.4. The number of nitrogens with two attached hydrogens (primary N) is 1. The van der Waals surface area contributed by atoms with Gasteiger partial charge in [0.15, 0.2) is 0 Å². The average Bonchev–Trinajstić information content (AvgIpc) is 2.08. The van der Waals surface area contributed by atoms with Gasteiger partial charge in [0.05, 0.1) is 13.2 Å². The summed E-state index contributed by atoms with van der Waals surface area (Å²) >= 11 is 5.75. The lowest BCUT2D eigenvalue weighted by atomic mass is 9.77. The number of rotatable bonds is 2. The van der Waals surface area contributed by atoms with Crippen molar-refractivity contribution in [3.63, 3.8) is 0 Å². The Morgan fingerprint density at radius 2 is 2.20 bits per heavy atom. The maximum atomic E-state index is 13.5. The zero-order chi connectivity index (χ0) is 11.1. The number of amides is 1. The van der Waals surface area contributed by atoms with E-state index in [1.165, 1.54) is 18.2 Å². The number of halogens is 2. The molecule has 1 saturated heterocycles. The molecule has 0 aromatic heterocycles. The van der Waals surface area contributed by atoms with Crippen LogP contribution in [0.5, 0.6) is 0 Å². The van der Waals surface area contributed by atoms with E-state index in [0.29, 0.717) is 5.02 Å². The molecule has 0 radical (unpaired) electrons. The second-order valence-electron chi connectivity index (χ2n) is 3.56. The molecule has 3 nitrogen and oxygen atoms in total. The van der Waals surface area contributed by atoms with Crippen molar-refractivity contribution in [2.24, 2.45) is 5.73 Å². The fourth-order valence-corrected chi connectivity index (χ4v) is 1.77. The standard InChI is InChI=1S/C10H9ClFNO2/c11-6-1-2-8(12)7(3-6)10(9(13)14)4-15-5-10/h1-3H,4-5H2,(H2,13,14). The summed E-state index contributed by atoms with van der Waals surface area (Å²) in [6, 6.07) is 4.07. The summed E-state index contributed by atoms with van der Waals surface area (Å²) in [4.78, 5) is 11.3. The molecule has 1 aromatic rings. The lowest BCUT2D eigenvalue weighted by molar-refractivity contribution is -0.142. The Morgan fingerprint density at radius 1 is 1.53 bits per heavy atom. The topological polar surface area (TPSA) is 52.3 Å². The Balaban J connectivity index is 2.51. The van der Waals surface area contributed by atoms with Gasteiger partial charge in [-0.05, 0) is 18.2 Å². The van der Waals surface area contributed by atoms with E-state index in [1.54, 1.807) is 0 Å². The molecule has 1 heterocycles. The van der Waals surface area contributed by atoms with Gasteiger partial charge in [-0.15, -0.1) is 0 Å². The molecule has 1 aliphatic rings. The first-order chi connectivity index (χ1) is 7.06. The molecule has 1 aliphatic heterocycles. The van der Waals surface area contributed by atoms with Crippen molar-refractivity contribution < 1.29 is 13.9 Å². The maximum absolute atomic E-state index is 13.5. The number of hydrogen-bond acceptors (Lipinski definition) is 2. The summed E-state index contributed by atoms with van der Waals surface area (Å²) < 4.78 is 18.5. The van der Waals surface area contributed by atoms with Crippen LogP contribution in [0.4, 0.5) is 4.39 Å². The van der Waals surface area contributed by atoms with Crippen molar-refractivity contribution >= 4 is 17.5 Å². The lowest BCUT2D eigenvalue weighted by Gasteiger charge is -2.38. The van der Waals surface area contributed by atoms with E-state index in [1.807, 2.05) is 0 Å². The Bertz CT molecular complexity index is 418. The minimum Gasteiger partial charge on any atom is -0.378 e. The van der Waals surface area contributed by atoms with Crippen LogP contribution in [-0.2, 0) is 14.9 Å². The Kier molecular flexibility index (Phi) is 2.40. The van der Waals surface area contributed by atoms with Crippen molar-refractivity contribution in [1.29, 1.82) is 0 Å². The van der Waals surface area contributed by atoms with Crippen molar-refractivity contribution in [3.8, 4) is 0 Å². The normalized spacial score (nSPS) is 18.3. The third kappa shape index (κ3) is 1.50. The highest BCUT2D eigenvalue weighted by molar-refractivity contribution is 6.30. The first-order valence-electron chi connectivity index (χ1n) is 4.39. The van der Waals surface area contributed by atoms with Crippen LogP contribution >= 0.6 is 11.6 Å². The molecule has 80 valence electrons. The third-order valence-corrected chi connectivity index (χ3v) is 2.85. The van der Waals surface area contributed by atoms with Gasteiger partial charge in [-0.3, -0.25) is 4.79 Å². The van der Waals surface area contributed by atoms with E-state index < -0.39 is 17.1 Å². The molecule has 0 unspecified atom stereocenters. The third-order valence-electron chi connectivity index (χ3n) is 2.61. The molecule has 0 bridgehead atoms. The molecular weight excluding hydrogens is 221 g/mol. The highest BCUT2D eigenvalue weighted by atomic mass is 35.5. The van der Waals surface area contributed by atoms with Gasteiger partial charge in [0.25, 0.3) is 0 Å². The molecular formula is C10H9ClFNO2. The SMILES string of the molecule is NC(=O)C1(c2cc(Cl)ccc2F)COC1. The summed E-state index contributed by atoms with van der Waals surface area (Å²) in [7, 11) is 0. The lowest BCUT2D eigenvalue weighted by Crippen LogP contribution is -2.56. The van der Waals surface area contributed by atoms with E-state index in [0.717, 1.165) is 0 Å². The first-order valence-corrected chi connectivity index (χ1v) is 4.77. The van der Waals surface area contributed by atoms with Crippen molar-refractivity contribution in [3.05, 3.63) is 34.6 Å². The number of carbonyl (C=O) groups excluding carboxylic acids is 1. The van der Waals surface area contributed by atoms with E-state index in [2.05, 4.69) is 0 Å². The Labute approximate surface area is 91.0 Å². The minimum absolute atomic E-state index is 0.111. The molecule has 2 N–H and O–H groups in total. The van der Waals surface area contributed by atoms with Gasteiger partial charge in [0.1, 0.15) is 11.2 Å².